The van der Waals surface area contributed by atoms with Gasteiger partial charge < -0.3 is 10.1 Å². The van der Waals surface area contributed by atoms with Gasteiger partial charge in [-0.1, -0.05) is 11.6 Å². The molecule has 8 heteroatoms. The predicted octanol–water partition coefficient (Wildman–Crippen LogP) is 1.90. The molecule has 2 N–H and O–H groups in total. The van der Waals surface area contributed by atoms with E-state index in [-0.39, 0.29) is 23.7 Å². The van der Waals surface area contributed by atoms with E-state index in [1.807, 2.05) is 6.92 Å². The summed E-state index contributed by atoms with van der Waals surface area (Å²) in [5.41, 5.74) is 0.197. The van der Waals surface area contributed by atoms with Crippen molar-refractivity contribution < 1.29 is 17.5 Å². The topological polar surface area (TPSA) is 67.4 Å². The van der Waals surface area contributed by atoms with Crippen LogP contribution in [-0.4, -0.2) is 34.7 Å². The van der Waals surface area contributed by atoms with Crippen LogP contribution in [0.1, 0.15) is 19.4 Å². The van der Waals surface area contributed by atoms with Crippen LogP contribution in [0.3, 0.4) is 0 Å². The molecule has 0 saturated carbocycles. The minimum absolute atomic E-state index is 0.166. The van der Waals surface area contributed by atoms with Gasteiger partial charge in [0.05, 0.1) is 6.61 Å². The van der Waals surface area contributed by atoms with Gasteiger partial charge in [-0.2, -0.15) is 0 Å². The molecule has 1 aromatic carbocycles. The van der Waals surface area contributed by atoms with Crippen LogP contribution in [0.25, 0.3) is 0 Å². The first-order valence-electron chi connectivity index (χ1n) is 6.54. The lowest BCUT2D eigenvalue weighted by atomic mass is 10.2. The van der Waals surface area contributed by atoms with E-state index >= 15 is 0 Å². The molecule has 5 nitrogen and oxygen atoms in total. The summed E-state index contributed by atoms with van der Waals surface area (Å²) < 4.78 is 46.3. The zero-order valence-corrected chi connectivity index (χ0v) is 13.8. The van der Waals surface area contributed by atoms with Crippen molar-refractivity contribution in [2.24, 2.45) is 0 Å². The van der Waals surface area contributed by atoms with E-state index in [2.05, 4.69) is 10.0 Å². The summed E-state index contributed by atoms with van der Waals surface area (Å²) in [5.74, 6) is -0.801. The fraction of sp³-hybridized carbons (Fsp3) is 0.538. The Balaban J connectivity index is 3.07. The number of ether oxygens (including phenoxy) is 1. The predicted molar refractivity (Wildman–Crippen MR) is 80.5 cm³/mol. The highest BCUT2D eigenvalue weighted by atomic mass is 35.5. The highest BCUT2D eigenvalue weighted by Crippen LogP contribution is 2.24. The highest BCUT2D eigenvalue weighted by molar-refractivity contribution is 7.89. The Bertz CT molecular complexity index is 581. The van der Waals surface area contributed by atoms with E-state index in [1.54, 1.807) is 14.0 Å². The number of hydrogen-bond donors (Lipinski definition) is 2. The van der Waals surface area contributed by atoms with Gasteiger partial charge >= 0.3 is 0 Å². The van der Waals surface area contributed by atoms with E-state index in [0.29, 0.717) is 6.61 Å². The summed E-state index contributed by atoms with van der Waals surface area (Å²) in [6, 6.07) is 2.03. The van der Waals surface area contributed by atoms with Crippen LogP contribution in [0.15, 0.2) is 17.0 Å². The summed E-state index contributed by atoms with van der Waals surface area (Å²) in [7, 11) is -2.37. The molecule has 0 aliphatic heterocycles. The third-order valence-electron chi connectivity index (χ3n) is 2.66. The molecule has 0 heterocycles. The number of hydrogen-bond acceptors (Lipinski definition) is 4. The molecule has 21 heavy (non-hydrogen) atoms. The van der Waals surface area contributed by atoms with Crippen molar-refractivity contribution >= 4 is 21.6 Å². The van der Waals surface area contributed by atoms with Crippen LogP contribution in [0.5, 0.6) is 0 Å². The van der Waals surface area contributed by atoms with Crippen molar-refractivity contribution in [2.45, 2.75) is 31.3 Å². The Labute approximate surface area is 129 Å². The molecule has 0 amide bonds. The van der Waals surface area contributed by atoms with Gasteiger partial charge in [-0.3, -0.25) is 0 Å². The molecule has 0 aromatic heterocycles. The summed E-state index contributed by atoms with van der Waals surface area (Å²) in [6.07, 6.45) is 0. The fourth-order valence-electron chi connectivity index (χ4n) is 1.79. The van der Waals surface area contributed by atoms with Crippen LogP contribution >= 0.6 is 11.6 Å². The number of halogens is 2. The molecule has 1 unspecified atom stereocenters. The Morgan fingerprint density at radius 2 is 2.10 bits per heavy atom. The summed E-state index contributed by atoms with van der Waals surface area (Å²) >= 11 is 5.87. The average molecular weight is 339 g/mol. The zero-order chi connectivity index (χ0) is 16.0. The Morgan fingerprint density at radius 3 is 2.67 bits per heavy atom. The maximum Gasteiger partial charge on any atom is 0.243 e. The first-order chi connectivity index (χ1) is 9.81. The lowest BCUT2D eigenvalue weighted by molar-refractivity contribution is 0.133. The minimum atomic E-state index is -4.00. The van der Waals surface area contributed by atoms with E-state index in [0.717, 1.165) is 6.07 Å². The molecule has 0 fully saturated rings. The quantitative estimate of drug-likeness (QED) is 0.759. The van der Waals surface area contributed by atoms with Crippen LogP contribution in [0.2, 0.25) is 5.02 Å². The number of nitrogens with one attached hydrogen (secondary N) is 2. The van der Waals surface area contributed by atoms with Crippen molar-refractivity contribution in [1.82, 2.24) is 10.0 Å². The standard InChI is InChI=1S/C13H20ClFN2O3S/c1-4-20-8-9(2)17-21(18,19)12-6-11(14)5-10(7-16-3)13(12)15/h5-6,9,16-17H,4,7-8H2,1-3H3. The fourth-order valence-corrected chi connectivity index (χ4v) is 3.47. The second-order valence-electron chi connectivity index (χ2n) is 4.59. The molecular weight excluding hydrogens is 319 g/mol. The normalized spacial score (nSPS) is 13.4. The average Bonchev–Trinajstić information content (AvgIpc) is 2.39. The molecule has 0 saturated heterocycles. The lowest BCUT2D eigenvalue weighted by Gasteiger charge is -2.15. The van der Waals surface area contributed by atoms with Gasteiger partial charge in [0.25, 0.3) is 0 Å². The third kappa shape index (κ3) is 5.19. The van der Waals surface area contributed by atoms with Crippen molar-refractivity contribution in [3.63, 3.8) is 0 Å². The maximum atomic E-state index is 14.3. The monoisotopic (exact) mass is 338 g/mol. The van der Waals surface area contributed by atoms with Gasteiger partial charge in [-0.25, -0.2) is 17.5 Å². The molecule has 0 aliphatic rings. The van der Waals surface area contributed by atoms with Crippen molar-refractivity contribution in [2.75, 3.05) is 20.3 Å². The molecule has 0 aliphatic carbocycles. The van der Waals surface area contributed by atoms with E-state index in [1.165, 1.54) is 6.07 Å². The van der Waals surface area contributed by atoms with Gasteiger partial charge in [0.15, 0.2) is 0 Å². The van der Waals surface area contributed by atoms with Crippen molar-refractivity contribution in [1.29, 1.82) is 0 Å². The van der Waals surface area contributed by atoms with Crippen LogP contribution in [0.4, 0.5) is 4.39 Å². The molecule has 0 spiro atoms. The number of rotatable bonds is 8. The molecular formula is C13H20ClFN2O3S. The van der Waals surface area contributed by atoms with E-state index in [4.69, 9.17) is 16.3 Å². The lowest BCUT2D eigenvalue weighted by Crippen LogP contribution is -2.36. The largest absolute Gasteiger partial charge is 0.380 e. The maximum absolute atomic E-state index is 14.3. The van der Waals surface area contributed by atoms with E-state index in [9.17, 15) is 12.8 Å². The van der Waals surface area contributed by atoms with Gasteiger partial charge in [-0.05, 0) is 33.0 Å². The van der Waals surface area contributed by atoms with Gasteiger partial charge in [0, 0.05) is 29.8 Å². The molecule has 1 rings (SSSR count). The van der Waals surface area contributed by atoms with Crippen molar-refractivity contribution in [3.8, 4) is 0 Å². The summed E-state index contributed by atoms with van der Waals surface area (Å²) in [4.78, 5) is -0.455. The molecule has 1 atom stereocenters. The second-order valence-corrected chi connectivity index (χ2v) is 6.71. The van der Waals surface area contributed by atoms with Crippen LogP contribution < -0.4 is 10.0 Å². The number of benzene rings is 1. The molecule has 0 radical (unpaired) electrons. The van der Waals surface area contributed by atoms with Gasteiger partial charge in [0.2, 0.25) is 10.0 Å². The van der Waals surface area contributed by atoms with Gasteiger partial charge in [-0.15, -0.1) is 0 Å². The summed E-state index contributed by atoms with van der Waals surface area (Å²) in [5, 5.41) is 2.93. The van der Waals surface area contributed by atoms with Gasteiger partial charge in [0.1, 0.15) is 10.7 Å². The summed E-state index contributed by atoms with van der Waals surface area (Å²) in [6.45, 7) is 4.32. The third-order valence-corrected chi connectivity index (χ3v) is 4.47. The van der Waals surface area contributed by atoms with Crippen molar-refractivity contribution in [3.05, 3.63) is 28.5 Å². The van der Waals surface area contributed by atoms with Crippen LogP contribution in [-0.2, 0) is 21.3 Å². The smallest absolute Gasteiger partial charge is 0.243 e. The van der Waals surface area contributed by atoms with Crippen LogP contribution in [0, 0.1) is 5.82 Å². The highest BCUT2D eigenvalue weighted by Gasteiger charge is 2.24. The SMILES string of the molecule is CCOCC(C)NS(=O)(=O)c1cc(Cl)cc(CNC)c1F. The Morgan fingerprint density at radius 1 is 1.43 bits per heavy atom. The molecule has 1 aromatic rings. The zero-order valence-electron chi connectivity index (χ0n) is 12.2. The Kier molecular flexibility index (Phi) is 7.02. The Hall–Kier alpha value is -0.730. The second kappa shape index (κ2) is 8.05. The first-order valence-corrected chi connectivity index (χ1v) is 8.40. The number of sulfonamides is 1. The minimum Gasteiger partial charge on any atom is -0.380 e. The molecule has 120 valence electrons. The molecule has 0 bridgehead atoms. The first kappa shape index (κ1) is 18.3. The van der Waals surface area contributed by atoms with E-state index < -0.39 is 26.8 Å².